The van der Waals surface area contributed by atoms with E-state index in [1.807, 2.05) is 53.3 Å². The van der Waals surface area contributed by atoms with Crippen LogP contribution in [-0.4, -0.2) is 58.9 Å². The molecule has 2 heterocycles. The minimum Gasteiger partial charge on any atom is -0.481 e. The predicted molar refractivity (Wildman–Crippen MR) is 124 cm³/mol. The highest BCUT2D eigenvalue weighted by Gasteiger charge is 2.28. The highest BCUT2D eigenvalue weighted by atomic mass is 16.5. The second-order valence-corrected chi connectivity index (χ2v) is 8.79. The van der Waals surface area contributed by atoms with Crippen molar-refractivity contribution in [1.82, 2.24) is 14.8 Å². The van der Waals surface area contributed by atoms with Gasteiger partial charge in [-0.3, -0.25) is 9.59 Å². The van der Waals surface area contributed by atoms with Crippen molar-refractivity contribution in [3.63, 3.8) is 0 Å². The fraction of sp³-hybridized carbons (Fsp3) is 0.385. The summed E-state index contributed by atoms with van der Waals surface area (Å²) in [5, 5.41) is 1.09. The molecular weight excluding hydrogens is 402 g/mol. The Morgan fingerprint density at radius 3 is 2.59 bits per heavy atom. The minimum atomic E-state index is -0.539. The number of nitrogens with zero attached hydrogens (tertiary/aromatic N) is 2. The van der Waals surface area contributed by atoms with Crippen molar-refractivity contribution < 1.29 is 14.3 Å². The van der Waals surface area contributed by atoms with Gasteiger partial charge in [0, 0.05) is 43.3 Å². The van der Waals surface area contributed by atoms with Crippen molar-refractivity contribution in [3.8, 4) is 5.75 Å². The third-order valence-corrected chi connectivity index (χ3v) is 6.69. The van der Waals surface area contributed by atoms with Gasteiger partial charge in [0.1, 0.15) is 5.75 Å². The molecule has 1 fully saturated rings. The molecule has 3 aromatic rings. The van der Waals surface area contributed by atoms with Crippen LogP contribution in [0.4, 0.5) is 0 Å². The van der Waals surface area contributed by atoms with Crippen LogP contribution < -0.4 is 4.74 Å². The molecule has 1 aliphatic heterocycles. The standard InChI is InChI=1S/C26H29N3O3/c1-18(32-22-10-9-19-5-4-6-20(19)15-22)26(31)29-13-11-28(12-14-29)25(30)16-21-17-27-24-8-3-2-7-23(21)24/h2-3,7-10,15,17-18,27H,4-6,11-14,16H2,1H3. The van der Waals surface area contributed by atoms with E-state index in [0.29, 0.717) is 32.6 Å². The van der Waals surface area contributed by atoms with Crippen LogP contribution in [0.2, 0.25) is 0 Å². The Morgan fingerprint density at radius 2 is 1.75 bits per heavy atom. The zero-order valence-electron chi connectivity index (χ0n) is 18.5. The summed E-state index contributed by atoms with van der Waals surface area (Å²) in [6.07, 6.45) is 5.16. The number of aromatic amines is 1. The number of fused-ring (bicyclic) bond motifs is 2. The van der Waals surface area contributed by atoms with Gasteiger partial charge >= 0.3 is 0 Å². The highest BCUT2D eigenvalue weighted by Crippen LogP contribution is 2.27. The minimum absolute atomic E-state index is 0.0192. The third-order valence-electron chi connectivity index (χ3n) is 6.69. The summed E-state index contributed by atoms with van der Waals surface area (Å²) >= 11 is 0. The summed E-state index contributed by atoms with van der Waals surface area (Å²) in [6, 6.07) is 14.2. The predicted octanol–water partition coefficient (Wildman–Crippen LogP) is 3.34. The molecule has 1 unspecified atom stereocenters. The Balaban J connectivity index is 1.14. The number of ether oxygens (including phenoxy) is 1. The van der Waals surface area contributed by atoms with Crippen LogP contribution in [0.3, 0.4) is 0 Å². The maximum Gasteiger partial charge on any atom is 0.263 e. The Kier molecular flexibility index (Phi) is 5.60. The van der Waals surface area contributed by atoms with E-state index in [9.17, 15) is 9.59 Å². The van der Waals surface area contributed by atoms with Gasteiger partial charge in [0.15, 0.2) is 6.10 Å². The number of para-hydroxylation sites is 1. The molecule has 1 N–H and O–H groups in total. The van der Waals surface area contributed by atoms with Gasteiger partial charge < -0.3 is 19.5 Å². The van der Waals surface area contributed by atoms with Gasteiger partial charge in [-0.15, -0.1) is 0 Å². The van der Waals surface area contributed by atoms with Crippen molar-refractivity contribution in [1.29, 1.82) is 0 Å². The summed E-state index contributed by atoms with van der Waals surface area (Å²) in [5.74, 6) is 0.845. The van der Waals surface area contributed by atoms with E-state index in [-0.39, 0.29) is 11.8 Å². The van der Waals surface area contributed by atoms with Crippen molar-refractivity contribution >= 4 is 22.7 Å². The molecule has 1 aromatic heterocycles. The van der Waals surface area contributed by atoms with Gasteiger partial charge in [0.2, 0.25) is 5.91 Å². The van der Waals surface area contributed by atoms with Crippen LogP contribution in [-0.2, 0) is 28.9 Å². The SMILES string of the molecule is CC(Oc1ccc2c(c1)CCC2)C(=O)N1CCN(C(=O)Cc2c[nH]c3ccccc23)CC1. The monoisotopic (exact) mass is 431 g/mol. The first-order valence-corrected chi connectivity index (χ1v) is 11.5. The lowest BCUT2D eigenvalue weighted by molar-refractivity contribution is -0.143. The Hall–Kier alpha value is -3.28. The van der Waals surface area contributed by atoms with Crippen LogP contribution in [0, 0.1) is 0 Å². The number of aryl methyl sites for hydroxylation is 2. The topological polar surface area (TPSA) is 65.6 Å². The number of benzene rings is 2. The van der Waals surface area contributed by atoms with Gasteiger partial charge in [0.25, 0.3) is 5.91 Å². The lowest BCUT2D eigenvalue weighted by Gasteiger charge is -2.36. The van der Waals surface area contributed by atoms with E-state index in [1.54, 1.807) is 0 Å². The number of piperazine rings is 1. The summed E-state index contributed by atoms with van der Waals surface area (Å²) in [5.41, 5.74) is 4.79. The molecule has 2 aromatic carbocycles. The quantitative estimate of drug-likeness (QED) is 0.674. The number of hydrogen-bond donors (Lipinski definition) is 1. The molecular formula is C26H29N3O3. The molecule has 6 heteroatoms. The number of rotatable bonds is 5. The van der Waals surface area contributed by atoms with E-state index < -0.39 is 6.10 Å². The number of carbonyl (C=O) groups is 2. The molecule has 5 rings (SSSR count). The molecule has 0 radical (unpaired) electrons. The molecule has 0 saturated carbocycles. The molecule has 0 spiro atoms. The summed E-state index contributed by atoms with van der Waals surface area (Å²) in [7, 11) is 0. The maximum atomic E-state index is 12.9. The van der Waals surface area contributed by atoms with Gasteiger partial charge in [-0.05, 0) is 61.1 Å². The van der Waals surface area contributed by atoms with E-state index in [2.05, 4.69) is 17.1 Å². The first-order chi connectivity index (χ1) is 15.6. The van der Waals surface area contributed by atoms with Crippen LogP contribution in [0.5, 0.6) is 5.75 Å². The zero-order valence-corrected chi connectivity index (χ0v) is 18.5. The largest absolute Gasteiger partial charge is 0.481 e. The number of carbonyl (C=O) groups excluding carboxylic acids is 2. The Bertz CT molecular complexity index is 1140. The van der Waals surface area contributed by atoms with Gasteiger partial charge in [-0.2, -0.15) is 0 Å². The molecule has 1 saturated heterocycles. The average Bonchev–Trinajstić information content (AvgIpc) is 3.45. The molecule has 166 valence electrons. The maximum absolute atomic E-state index is 12.9. The highest BCUT2D eigenvalue weighted by molar-refractivity contribution is 5.89. The lowest BCUT2D eigenvalue weighted by atomic mass is 10.1. The fourth-order valence-corrected chi connectivity index (χ4v) is 4.86. The van der Waals surface area contributed by atoms with Crippen molar-refractivity contribution in [3.05, 3.63) is 65.4 Å². The molecule has 6 nitrogen and oxygen atoms in total. The van der Waals surface area contributed by atoms with E-state index >= 15 is 0 Å². The van der Waals surface area contributed by atoms with E-state index in [4.69, 9.17) is 4.74 Å². The average molecular weight is 432 g/mol. The Morgan fingerprint density at radius 1 is 1.00 bits per heavy atom. The summed E-state index contributed by atoms with van der Waals surface area (Å²) in [4.78, 5) is 32.6. The van der Waals surface area contributed by atoms with Crippen LogP contribution in [0.15, 0.2) is 48.7 Å². The number of amides is 2. The second-order valence-electron chi connectivity index (χ2n) is 8.79. The molecule has 1 aliphatic carbocycles. The number of aromatic nitrogens is 1. The van der Waals surface area contributed by atoms with Crippen LogP contribution in [0.1, 0.15) is 30.0 Å². The molecule has 1 atom stereocenters. The zero-order chi connectivity index (χ0) is 22.1. The van der Waals surface area contributed by atoms with Gasteiger partial charge in [0.05, 0.1) is 6.42 Å². The van der Waals surface area contributed by atoms with Crippen molar-refractivity contribution in [2.24, 2.45) is 0 Å². The second kappa shape index (κ2) is 8.69. The van der Waals surface area contributed by atoms with Gasteiger partial charge in [-0.25, -0.2) is 0 Å². The number of hydrogen-bond acceptors (Lipinski definition) is 3. The summed E-state index contributed by atoms with van der Waals surface area (Å²) in [6.45, 7) is 3.99. The molecule has 2 amide bonds. The number of H-pyrrole nitrogens is 1. The van der Waals surface area contributed by atoms with E-state index in [1.165, 1.54) is 17.5 Å². The molecule has 32 heavy (non-hydrogen) atoms. The first kappa shape index (κ1) is 20.6. The third kappa shape index (κ3) is 4.09. The van der Waals surface area contributed by atoms with Crippen molar-refractivity contribution in [2.45, 2.75) is 38.7 Å². The summed E-state index contributed by atoms with van der Waals surface area (Å²) < 4.78 is 5.96. The normalized spacial score (nSPS) is 16.8. The number of nitrogens with one attached hydrogen (secondary N) is 1. The lowest BCUT2D eigenvalue weighted by Crippen LogP contribution is -2.53. The van der Waals surface area contributed by atoms with Crippen LogP contribution >= 0.6 is 0 Å². The van der Waals surface area contributed by atoms with Crippen LogP contribution in [0.25, 0.3) is 10.9 Å². The van der Waals surface area contributed by atoms with E-state index in [0.717, 1.165) is 35.1 Å². The Labute approximate surface area is 188 Å². The smallest absolute Gasteiger partial charge is 0.263 e. The van der Waals surface area contributed by atoms with Gasteiger partial charge in [-0.1, -0.05) is 24.3 Å². The van der Waals surface area contributed by atoms with Crippen molar-refractivity contribution in [2.75, 3.05) is 26.2 Å². The fourth-order valence-electron chi connectivity index (χ4n) is 4.86. The molecule has 0 bridgehead atoms. The first-order valence-electron chi connectivity index (χ1n) is 11.5. The molecule has 2 aliphatic rings.